The van der Waals surface area contributed by atoms with E-state index in [0.29, 0.717) is 13.2 Å². The topological polar surface area (TPSA) is 44.8 Å². The van der Waals surface area contributed by atoms with E-state index in [9.17, 15) is 4.79 Å². The van der Waals surface area contributed by atoms with Crippen LogP contribution in [0.1, 0.15) is 25.7 Å². The Balaban J connectivity index is 1.90. The molecule has 0 radical (unpaired) electrons. The maximum atomic E-state index is 10.9. The molecule has 1 heterocycles. The second-order valence-corrected chi connectivity index (χ2v) is 4.64. The lowest BCUT2D eigenvalue weighted by molar-refractivity contribution is -0.245. The van der Waals surface area contributed by atoms with Crippen LogP contribution in [0.15, 0.2) is 0 Å². The molecule has 0 amide bonds. The number of methoxy groups -OCH3 is 1. The zero-order valence-corrected chi connectivity index (χ0v) is 9.76. The number of aldehydes is 1. The van der Waals surface area contributed by atoms with Gasteiger partial charge in [-0.1, -0.05) is 6.42 Å². The molecule has 0 aromatic rings. The first-order valence-corrected chi connectivity index (χ1v) is 6.06. The van der Waals surface area contributed by atoms with Crippen LogP contribution in [-0.4, -0.2) is 39.0 Å². The van der Waals surface area contributed by atoms with E-state index in [4.69, 9.17) is 14.2 Å². The molecule has 4 heteroatoms. The molecule has 92 valence electrons. The molecule has 2 rings (SSSR count). The third-order valence-electron chi connectivity index (χ3n) is 3.55. The van der Waals surface area contributed by atoms with Crippen LogP contribution in [0.2, 0.25) is 0 Å². The van der Waals surface area contributed by atoms with Crippen molar-refractivity contribution in [3.63, 3.8) is 0 Å². The normalized spacial score (nSPS) is 39.8. The van der Waals surface area contributed by atoms with Crippen molar-refractivity contribution in [2.75, 3.05) is 20.3 Å². The van der Waals surface area contributed by atoms with E-state index in [-0.39, 0.29) is 24.2 Å². The number of ether oxygens (including phenoxy) is 3. The number of hydrogen-bond acceptors (Lipinski definition) is 4. The zero-order chi connectivity index (χ0) is 11.4. The zero-order valence-electron chi connectivity index (χ0n) is 9.76. The van der Waals surface area contributed by atoms with Gasteiger partial charge in [-0.05, 0) is 19.3 Å². The lowest BCUT2D eigenvalue weighted by atomic mass is 9.96. The van der Waals surface area contributed by atoms with Crippen LogP contribution in [0.3, 0.4) is 0 Å². The Kier molecular flexibility index (Phi) is 4.32. The highest BCUT2D eigenvalue weighted by molar-refractivity contribution is 5.54. The molecule has 2 fully saturated rings. The summed E-state index contributed by atoms with van der Waals surface area (Å²) < 4.78 is 16.6. The van der Waals surface area contributed by atoms with Gasteiger partial charge in [0.25, 0.3) is 0 Å². The van der Waals surface area contributed by atoms with Gasteiger partial charge < -0.3 is 19.0 Å². The molecule has 1 aliphatic carbocycles. The van der Waals surface area contributed by atoms with Crippen LogP contribution in [0.4, 0.5) is 0 Å². The van der Waals surface area contributed by atoms with Crippen LogP contribution in [-0.2, 0) is 19.0 Å². The first-order valence-electron chi connectivity index (χ1n) is 6.06. The van der Waals surface area contributed by atoms with E-state index in [0.717, 1.165) is 32.0 Å². The number of carbonyl (C=O) groups excluding carboxylic acids is 1. The Morgan fingerprint density at radius 2 is 2.25 bits per heavy atom. The molecule has 1 saturated carbocycles. The highest BCUT2D eigenvalue weighted by Crippen LogP contribution is 2.36. The van der Waals surface area contributed by atoms with E-state index < -0.39 is 0 Å². The van der Waals surface area contributed by atoms with Gasteiger partial charge in [0.2, 0.25) is 0 Å². The molecule has 3 unspecified atom stereocenters. The molecule has 0 spiro atoms. The van der Waals surface area contributed by atoms with E-state index in [1.165, 1.54) is 0 Å². The average molecular weight is 228 g/mol. The average Bonchev–Trinajstić information content (AvgIpc) is 2.78. The van der Waals surface area contributed by atoms with Gasteiger partial charge >= 0.3 is 0 Å². The molecule has 0 aromatic carbocycles. The molecule has 4 nitrogen and oxygen atoms in total. The van der Waals surface area contributed by atoms with Gasteiger partial charge in [0.15, 0.2) is 6.29 Å². The van der Waals surface area contributed by atoms with E-state index in [2.05, 4.69) is 0 Å². The lowest BCUT2D eigenvalue weighted by Crippen LogP contribution is -2.40. The highest BCUT2D eigenvalue weighted by Gasteiger charge is 2.37. The lowest BCUT2D eigenvalue weighted by Gasteiger charge is -2.34. The summed E-state index contributed by atoms with van der Waals surface area (Å²) in [5, 5.41) is 0. The summed E-state index contributed by atoms with van der Waals surface area (Å²) in [5.74, 6) is 0.364. The second-order valence-electron chi connectivity index (χ2n) is 4.64. The van der Waals surface area contributed by atoms with Gasteiger partial charge in [0, 0.05) is 18.9 Å². The Morgan fingerprint density at radius 3 is 3.00 bits per heavy atom. The van der Waals surface area contributed by atoms with E-state index in [1.54, 1.807) is 7.11 Å². The van der Waals surface area contributed by atoms with Gasteiger partial charge in [-0.2, -0.15) is 0 Å². The summed E-state index contributed by atoms with van der Waals surface area (Å²) in [7, 11) is 1.68. The van der Waals surface area contributed by atoms with Crippen molar-refractivity contribution in [1.82, 2.24) is 0 Å². The van der Waals surface area contributed by atoms with Crippen LogP contribution in [0.25, 0.3) is 0 Å². The third kappa shape index (κ3) is 2.62. The molecule has 16 heavy (non-hydrogen) atoms. The quantitative estimate of drug-likeness (QED) is 0.682. The largest absolute Gasteiger partial charge is 0.382 e. The summed E-state index contributed by atoms with van der Waals surface area (Å²) >= 11 is 0. The Hall–Kier alpha value is -0.450. The van der Waals surface area contributed by atoms with Crippen molar-refractivity contribution in [3.05, 3.63) is 0 Å². The van der Waals surface area contributed by atoms with Gasteiger partial charge in [-0.3, -0.25) is 0 Å². The summed E-state index contributed by atoms with van der Waals surface area (Å²) in [5.41, 5.74) is 0. The van der Waals surface area contributed by atoms with Gasteiger partial charge in [0.05, 0.1) is 19.3 Å². The van der Waals surface area contributed by atoms with Gasteiger partial charge in [-0.25, -0.2) is 0 Å². The fourth-order valence-corrected chi connectivity index (χ4v) is 2.67. The first-order chi connectivity index (χ1) is 7.85. The second kappa shape index (κ2) is 5.75. The van der Waals surface area contributed by atoms with Crippen molar-refractivity contribution in [2.24, 2.45) is 11.8 Å². The summed E-state index contributed by atoms with van der Waals surface area (Å²) in [6.45, 7) is 1.32. The van der Waals surface area contributed by atoms with Gasteiger partial charge in [0.1, 0.15) is 6.29 Å². The molecule has 0 N–H and O–H groups in total. The van der Waals surface area contributed by atoms with Crippen LogP contribution in [0.5, 0.6) is 0 Å². The Morgan fingerprint density at radius 1 is 1.38 bits per heavy atom. The number of rotatable bonds is 4. The fourth-order valence-electron chi connectivity index (χ4n) is 2.67. The first kappa shape index (κ1) is 12.0. The van der Waals surface area contributed by atoms with Crippen molar-refractivity contribution in [2.45, 2.75) is 38.1 Å². The van der Waals surface area contributed by atoms with Crippen molar-refractivity contribution in [1.29, 1.82) is 0 Å². The molecule has 1 aliphatic heterocycles. The minimum absolute atomic E-state index is 0.117. The maximum absolute atomic E-state index is 10.9. The molecule has 4 atom stereocenters. The molecule has 0 aromatic heterocycles. The Bertz CT molecular complexity index is 229. The molecular formula is C12H20O4. The van der Waals surface area contributed by atoms with Crippen LogP contribution < -0.4 is 0 Å². The number of hydrogen-bond donors (Lipinski definition) is 0. The van der Waals surface area contributed by atoms with Gasteiger partial charge in [-0.15, -0.1) is 0 Å². The number of carbonyl (C=O) groups is 1. The van der Waals surface area contributed by atoms with Crippen molar-refractivity contribution < 1.29 is 19.0 Å². The SMILES string of the molecule is COCC1CCOC([C@H]2CCCC2C=O)O1. The van der Waals surface area contributed by atoms with E-state index in [1.807, 2.05) is 0 Å². The summed E-state index contributed by atoms with van der Waals surface area (Å²) in [4.78, 5) is 10.9. The van der Waals surface area contributed by atoms with E-state index >= 15 is 0 Å². The Labute approximate surface area is 96.2 Å². The molecule has 2 aliphatic rings. The smallest absolute Gasteiger partial charge is 0.161 e. The predicted molar refractivity (Wildman–Crippen MR) is 58.0 cm³/mol. The van der Waals surface area contributed by atoms with Crippen molar-refractivity contribution in [3.8, 4) is 0 Å². The third-order valence-corrected chi connectivity index (χ3v) is 3.55. The highest BCUT2D eigenvalue weighted by atomic mass is 16.7. The summed E-state index contributed by atoms with van der Waals surface area (Å²) in [6.07, 6.45) is 4.97. The fraction of sp³-hybridized carbons (Fsp3) is 0.917. The molecule has 0 bridgehead atoms. The standard InChI is InChI=1S/C12H20O4/c1-14-8-10-5-6-15-12(16-10)11-4-2-3-9(11)7-13/h7,9-12H,2-6,8H2,1H3/t9?,10?,11-,12?/m0/s1. The van der Waals surface area contributed by atoms with Crippen LogP contribution >= 0.6 is 0 Å². The minimum atomic E-state index is -0.202. The monoisotopic (exact) mass is 228 g/mol. The maximum Gasteiger partial charge on any atom is 0.161 e. The predicted octanol–water partition coefficient (Wildman–Crippen LogP) is 1.38. The minimum Gasteiger partial charge on any atom is -0.382 e. The van der Waals surface area contributed by atoms with Crippen molar-refractivity contribution >= 4 is 6.29 Å². The molecular weight excluding hydrogens is 208 g/mol. The summed E-state index contributed by atoms with van der Waals surface area (Å²) in [6, 6.07) is 0. The van der Waals surface area contributed by atoms with Crippen LogP contribution in [0, 0.1) is 11.8 Å². The molecule has 1 saturated heterocycles.